The van der Waals surface area contributed by atoms with Gasteiger partial charge in [-0.2, -0.15) is 0 Å². The summed E-state index contributed by atoms with van der Waals surface area (Å²) in [6.07, 6.45) is 0. The molecule has 2 rings (SSSR count). The molecule has 0 aliphatic carbocycles. The van der Waals surface area contributed by atoms with Crippen molar-refractivity contribution in [2.75, 3.05) is 20.8 Å². The van der Waals surface area contributed by atoms with E-state index in [2.05, 4.69) is 26.0 Å². The molecule has 1 amide bonds. The van der Waals surface area contributed by atoms with Gasteiger partial charge >= 0.3 is 5.97 Å². The highest BCUT2D eigenvalue weighted by Gasteiger charge is 2.15. The lowest BCUT2D eigenvalue weighted by atomic mass is 10.1. The van der Waals surface area contributed by atoms with Crippen LogP contribution in [0.5, 0.6) is 11.5 Å². The number of carbonyl (C=O) groups is 2. The van der Waals surface area contributed by atoms with Gasteiger partial charge in [0, 0.05) is 12.1 Å². The van der Waals surface area contributed by atoms with Gasteiger partial charge in [-0.15, -0.1) is 0 Å². The first-order valence-corrected chi connectivity index (χ1v) is 8.75. The fraction of sp³-hybridized carbons (Fsp3) is 0.263. The number of amides is 1. The molecule has 0 spiro atoms. The molecule has 0 aliphatic rings. The number of rotatable bonds is 7. The van der Waals surface area contributed by atoms with Crippen molar-refractivity contribution in [3.8, 4) is 11.5 Å². The van der Waals surface area contributed by atoms with Crippen LogP contribution in [-0.2, 0) is 11.3 Å². The number of halogens is 1. The minimum absolute atomic E-state index is 0.246. The SMILES string of the molecule is CCOc1c(Br)cc(C(=O)NCc2ccc(C(=O)OC)cc2)cc1OC. The lowest BCUT2D eigenvalue weighted by Crippen LogP contribution is -2.23. The highest BCUT2D eigenvalue weighted by atomic mass is 79.9. The van der Waals surface area contributed by atoms with Crippen LogP contribution in [0.15, 0.2) is 40.9 Å². The molecular formula is C19H20BrNO5. The van der Waals surface area contributed by atoms with Crippen molar-refractivity contribution in [2.45, 2.75) is 13.5 Å². The maximum Gasteiger partial charge on any atom is 0.337 e. The normalized spacial score (nSPS) is 10.2. The minimum Gasteiger partial charge on any atom is -0.493 e. The van der Waals surface area contributed by atoms with E-state index in [0.717, 1.165) is 5.56 Å². The third kappa shape index (κ3) is 4.76. The van der Waals surface area contributed by atoms with Crippen LogP contribution in [0.25, 0.3) is 0 Å². The Balaban J connectivity index is 2.08. The molecule has 26 heavy (non-hydrogen) atoms. The van der Waals surface area contributed by atoms with E-state index in [4.69, 9.17) is 9.47 Å². The number of ether oxygens (including phenoxy) is 3. The van der Waals surface area contributed by atoms with Crippen molar-refractivity contribution in [3.63, 3.8) is 0 Å². The van der Waals surface area contributed by atoms with Gasteiger partial charge in [0.2, 0.25) is 0 Å². The molecule has 0 saturated heterocycles. The summed E-state index contributed by atoms with van der Waals surface area (Å²) in [7, 11) is 2.86. The topological polar surface area (TPSA) is 73.9 Å². The molecule has 2 aromatic rings. The molecule has 2 aromatic carbocycles. The standard InChI is InChI=1S/C19H20BrNO5/c1-4-26-17-15(20)9-14(10-16(17)24-2)18(22)21-11-12-5-7-13(8-6-12)19(23)25-3/h5-10H,4,11H2,1-3H3,(H,21,22). The van der Waals surface area contributed by atoms with E-state index in [9.17, 15) is 9.59 Å². The molecule has 138 valence electrons. The van der Waals surface area contributed by atoms with Gasteiger partial charge in [-0.05, 0) is 52.7 Å². The van der Waals surface area contributed by atoms with E-state index >= 15 is 0 Å². The second-order valence-corrected chi connectivity index (χ2v) is 6.15. The van der Waals surface area contributed by atoms with Gasteiger partial charge in [-0.25, -0.2) is 4.79 Å². The van der Waals surface area contributed by atoms with Crippen molar-refractivity contribution in [3.05, 3.63) is 57.6 Å². The number of hydrogen-bond acceptors (Lipinski definition) is 5. The molecule has 0 radical (unpaired) electrons. The summed E-state index contributed by atoms with van der Waals surface area (Å²) < 4.78 is 16.1. The van der Waals surface area contributed by atoms with E-state index < -0.39 is 5.97 Å². The van der Waals surface area contributed by atoms with Crippen LogP contribution < -0.4 is 14.8 Å². The average Bonchev–Trinajstić information content (AvgIpc) is 2.67. The predicted octanol–water partition coefficient (Wildman–Crippen LogP) is 3.57. The lowest BCUT2D eigenvalue weighted by Gasteiger charge is -2.13. The number of benzene rings is 2. The zero-order valence-electron chi connectivity index (χ0n) is 14.8. The van der Waals surface area contributed by atoms with Crippen molar-refractivity contribution in [1.29, 1.82) is 0 Å². The summed E-state index contributed by atoms with van der Waals surface area (Å²) in [4.78, 5) is 23.9. The summed E-state index contributed by atoms with van der Waals surface area (Å²) >= 11 is 3.40. The van der Waals surface area contributed by atoms with Crippen molar-refractivity contribution >= 4 is 27.8 Å². The molecule has 0 heterocycles. The highest BCUT2D eigenvalue weighted by molar-refractivity contribution is 9.10. The van der Waals surface area contributed by atoms with Gasteiger partial charge in [-0.3, -0.25) is 4.79 Å². The van der Waals surface area contributed by atoms with Gasteiger partial charge in [0.25, 0.3) is 5.91 Å². The smallest absolute Gasteiger partial charge is 0.337 e. The van der Waals surface area contributed by atoms with E-state index in [1.165, 1.54) is 14.2 Å². The van der Waals surface area contributed by atoms with E-state index in [1.54, 1.807) is 36.4 Å². The van der Waals surface area contributed by atoms with E-state index in [-0.39, 0.29) is 5.91 Å². The average molecular weight is 422 g/mol. The fourth-order valence-corrected chi connectivity index (χ4v) is 2.85. The molecule has 0 saturated carbocycles. The van der Waals surface area contributed by atoms with Gasteiger partial charge < -0.3 is 19.5 Å². The molecule has 0 fully saturated rings. The Bertz CT molecular complexity index is 789. The lowest BCUT2D eigenvalue weighted by molar-refractivity contribution is 0.0600. The first-order chi connectivity index (χ1) is 12.5. The second-order valence-electron chi connectivity index (χ2n) is 5.29. The van der Waals surface area contributed by atoms with Crippen LogP contribution in [0.2, 0.25) is 0 Å². The Labute approximate surface area is 160 Å². The zero-order chi connectivity index (χ0) is 19.1. The van der Waals surface area contributed by atoms with Crippen LogP contribution >= 0.6 is 15.9 Å². The molecule has 0 atom stereocenters. The van der Waals surface area contributed by atoms with Crippen molar-refractivity contribution in [2.24, 2.45) is 0 Å². The van der Waals surface area contributed by atoms with Crippen LogP contribution in [0, 0.1) is 0 Å². The molecule has 1 N–H and O–H groups in total. The number of hydrogen-bond donors (Lipinski definition) is 1. The van der Waals surface area contributed by atoms with Crippen LogP contribution in [0.3, 0.4) is 0 Å². The van der Waals surface area contributed by atoms with Crippen LogP contribution in [0.4, 0.5) is 0 Å². The first kappa shape index (κ1) is 19.8. The number of esters is 1. The minimum atomic E-state index is -0.396. The molecular weight excluding hydrogens is 402 g/mol. The maximum absolute atomic E-state index is 12.4. The molecule has 0 aliphatic heterocycles. The Morgan fingerprint density at radius 1 is 1.08 bits per heavy atom. The summed E-state index contributed by atoms with van der Waals surface area (Å²) in [6, 6.07) is 10.2. The Kier molecular flexibility index (Phi) is 7.03. The van der Waals surface area contributed by atoms with Gasteiger partial charge in [0.05, 0.1) is 30.9 Å². The fourth-order valence-electron chi connectivity index (χ4n) is 2.30. The summed E-state index contributed by atoms with van der Waals surface area (Å²) in [6.45, 7) is 2.69. The second kappa shape index (κ2) is 9.24. The Morgan fingerprint density at radius 2 is 1.77 bits per heavy atom. The zero-order valence-corrected chi connectivity index (χ0v) is 16.4. The van der Waals surface area contributed by atoms with Gasteiger partial charge in [-0.1, -0.05) is 12.1 Å². The Morgan fingerprint density at radius 3 is 2.35 bits per heavy atom. The molecule has 0 aromatic heterocycles. The van der Waals surface area contributed by atoms with E-state index in [1.807, 2.05) is 6.92 Å². The molecule has 6 nitrogen and oxygen atoms in total. The monoisotopic (exact) mass is 421 g/mol. The Hall–Kier alpha value is -2.54. The van der Waals surface area contributed by atoms with Crippen LogP contribution in [-0.4, -0.2) is 32.7 Å². The van der Waals surface area contributed by atoms with Gasteiger partial charge in [0.15, 0.2) is 11.5 Å². The van der Waals surface area contributed by atoms with Crippen molar-refractivity contribution < 1.29 is 23.8 Å². The van der Waals surface area contributed by atoms with E-state index in [0.29, 0.717) is 40.3 Å². The number of carbonyl (C=O) groups excluding carboxylic acids is 2. The third-order valence-electron chi connectivity index (χ3n) is 3.61. The summed E-state index contributed by atoms with van der Waals surface area (Å²) in [5, 5.41) is 2.84. The molecule has 0 bridgehead atoms. The first-order valence-electron chi connectivity index (χ1n) is 7.96. The van der Waals surface area contributed by atoms with Crippen molar-refractivity contribution in [1.82, 2.24) is 5.32 Å². The molecule has 7 heteroatoms. The number of methoxy groups -OCH3 is 2. The quantitative estimate of drug-likeness (QED) is 0.691. The largest absolute Gasteiger partial charge is 0.493 e. The maximum atomic E-state index is 12.4. The molecule has 0 unspecified atom stereocenters. The number of nitrogens with one attached hydrogen (secondary N) is 1. The third-order valence-corrected chi connectivity index (χ3v) is 4.20. The van der Waals surface area contributed by atoms with Crippen LogP contribution in [0.1, 0.15) is 33.2 Å². The highest BCUT2D eigenvalue weighted by Crippen LogP contribution is 2.36. The summed E-state index contributed by atoms with van der Waals surface area (Å²) in [5.41, 5.74) is 1.77. The summed E-state index contributed by atoms with van der Waals surface area (Å²) in [5.74, 6) is 0.398. The predicted molar refractivity (Wildman–Crippen MR) is 101 cm³/mol. The van der Waals surface area contributed by atoms with Gasteiger partial charge in [0.1, 0.15) is 0 Å².